The second-order valence-corrected chi connectivity index (χ2v) is 7.86. The highest BCUT2D eigenvalue weighted by Crippen LogP contribution is 2.38. The number of hydrogen-bond donors (Lipinski definition) is 0. The van der Waals surface area contributed by atoms with Gasteiger partial charge in [0.2, 0.25) is 0 Å². The molecule has 0 nitrogen and oxygen atoms in total. The fraction of sp³-hybridized carbons (Fsp3) is 0.583. The van der Waals surface area contributed by atoms with Crippen LogP contribution < -0.4 is 0 Å². The van der Waals surface area contributed by atoms with Crippen LogP contribution in [0.5, 0.6) is 0 Å². The van der Waals surface area contributed by atoms with Crippen molar-refractivity contribution in [2.24, 2.45) is 5.92 Å². The van der Waals surface area contributed by atoms with Crippen molar-refractivity contribution in [1.82, 2.24) is 0 Å². The first kappa shape index (κ1) is 17.5. The van der Waals surface area contributed by atoms with Crippen molar-refractivity contribution in [2.75, 3.05) is 0 Å². The van der Waals surface area contributed by atoms with E-state index in [1.54, 1.807) is 5.56 Å². The highest BCUT2D eigenvalue weighted by molar-refractivity contribution is 5.84. The topological polar surface area (TPSA) is 0 Å². The summed E-state index contributed by atoms with van der Waals surface area (Å²) in [4.78, 5) is 0. The first-order valence-corrected chi connectivity index (χ1v) is 10.3. The molecular weight excluding hydrogens is 288 g/mol. The van der Waals surface area contributed by atoms with Gasteiger partial charge in [0.05, 0.1) is 0 Å². The Kier molecular flexibility index (Phi) is 6.35. The molecule has 2 aromatic rings. The van der Waals surface area contributed by atoms with Crippen molar-refractivity contribution >= 4 is 10.8 Å². The lowest BCUT2D eigenvalue weighted by Crippen LogP contribution is -2.13. The van der Waals surface area contributed by atoms with E-state index in [1.807, 2.05) is 0 Å². The van der Waals surface area contributed by atoms with Crippen LogP contribution in [0.1, 0.15) is 88.7 Å². The van der Waals surface area contributed by atoms with E-state index in [-0.39, 0.29) is 0 Å². The highest BCUT2D eigenvalue weighted by atomic mass is 14.3. The molecule has 0 radical (unpaired) electrons. The summed E-state index contributed by atoms with van der Waals surface area (Å²) in [6.07, 6.45) is 14.0. The third-order valence-corrected chi connectivity index (χ3v) is 6.12. The van der Waals surface area contributed by atoms with Crippen LogP contribution in [-0.4, -0.2) is 0 Å². The first-order valence-electron chi connectivity index (χ1n) is 10.3. The Morgan fingerprint density at radius 1 is 0.792 bits per heavy atom. The molecule has 0 aliphatic heterocycles. The zero-order valence-electron chi connectivity index (χ0n) is 15.7. The standard InChI is InChI=1S/C24H34/c1-3-5-6-7-8-20-10-12-21(13-11-20)23-16-15-22-17-19(4-2)9-14-24(22)18-23/h9,14-18,20-21H,3-8,10-13H2,1-2H3/t20-,21-. The van der Waals surface area contributed by atoms with Crippen LogP contribution in [0, 0.1) is 5.92 Å². The van der Waals surface area contributed by atoms with Gasteiger partial charge in [0.25, 0.3) is 0 Å². The first-order chi connectivity index (χ1) is 11.8. The summed E-state index contributed by atoms with van der Waals surface area (Å²) >= 11 is 0. The van der Waals surface area contributed by atoms with E-state index in [0.29, 0.717) is 0 Å². The molecule has 2 aromatic carbocycles. The van der Waals surface area contributed by atoms with Crippen LogP contribution in [0.15, 0.2) is 36.4 Å². The molecule has 0 amide bonds. The molecule has 1 fully saturated rings. The zero-order valence-corrected chi connectivity index (χ0v) is 15.7. The maximum Gasteiger partial charge on any atom is -0.0162 e. The fourth-order valence-electron chi connectivity index (χ4n) is 4.43. The molecule has 3 rings (SSSR count). The monoisotopic (exact) mass is 322 g/mol. The average Bonchev–Trinajstić information content (AvgIpc) is 2.65. The third-order valence-electron chi connectivity index (χ3n) is 6.12. The summed E-state index contributed by atoms with van der Waals surface area (Å²) in [6.45, 7) is 4.54. The minimum absolute atomic E-state index is 0.798. The zero-order chi connectivity index (χ0) is 16.8. The molecule has 0 heterocycles. The maximum absolute atomic E-state index is 2.46. The Hall–Kier alpha value is -1.30. The Morgan fingerprint density at radius 2 is 1.54 bits per heavy atom. The molecule has 0 spiro atoms. The van der Waals surface area contributed by atoms with Crippen molar-refractivity contribution in [3.63, 3.8) is 0 Å². The summed E-state index contributed by atoms with van der Waals surface area (Å²) in [5.41, 5.74) is 3.02. The lowest BCUT2D eigenvalue weighted by molar-refractivity contribution is 0.302. The van der Waals surface area contributed by atoms with Gasteiger partial charge in [0.15, 0.2) is 0 Å². The fourth-order valence-corrected chi connectivity index (χ4v) is 4.43. The van der Waals surface area contributed by atoms with Crippen LogP contribution in [0.25, 0.3) is 10.8 Å². The Bertz CT molecular complexity index is 632. The van der Waals surface area contributed by atoms with E-state index in [9.17, 15) is 0 Å². The molecule has 24 heavy (non-hydrogen) atoms. The van der Waals surface area contributed by atoms with E-state index in [4.69, 9.17) is 0 Å². The summed E-state index contributed by atoms with van der Waals surface area (Å²) in [5.74, 6) is 1.80. The molecule has 1 aliphatic rings. The molecule has 0 N–H and O–H groups in total. The van der Waals surface area contributed by atoms with Gasteiger partial charge in [-0.2, -0.15) is 0 Å². The van der Waals surface area contributed by atoms with Crippen LogP contribution in [0.3, 0.4) is 0 Å². The van der Waals surface area contributed by atoms with Gasteiger partial charge in [-0.3, -0.25) is 0 Å². The van der Waals surface area contributed by atoms with Crippen molar-refractivity contribution in [3.05, 3.63) is 47.5 Å². The normalized spacial score (nSPS) is 21.2. The lowest BCUT2D eigenvalue weighted by Gasteiger charge is -2.29. The van der Waals surface area contributed by atoms with Gasteiger partial charge in [-0.05, 0) is 65.8 Å². The van der Waals surface area contributed by atoms with E-state index in [0.717, 1.165) is 18.3 Å². The summed E-state index contributed by atoms with van der Waals surface area (Å²) in [6, 6.07) is 14.2. The molecule has 0 saturated heterocycles. The van der Waals surface area contributed by atoms with Crippen molar-refractivity contribution in [1.29, 1.82) is 0 Å². The average molecular weight is 323 g/mol. The van der Waals surface area contributed by atoms with Crippen LogP contribution in [0.2, 0.25) is 0 Å². The van der Waals surface area contributed by atoms with Gasteiger partial charge in [0, 0.05) is 0 Å². The molecule has 0 atom stereocenters. The second-order valence-electron chi connectivity index (χ2n) is 7.86. The van der Waals surface area contributed by atoms with Gasteiger partial charge in [-0.25, -0.2) is 0 Å². The molecule has 1 saturated carbocycles. The predicted octanol–water partition coefficient (Wildman–Crippen LogP) is 7.65. The molecule has 0 aromatic heterocycles. The van der Waals surface area contributed by atoms with Gasteiger partial charge in [0.1, 0.15) is 0 Å². The molecule has 0 unspecified atom stereocenters. The maximum atomic E-state index is 2.46. The van der Waals surface area contributed by atoms with Crippen LogP contribution in [-0.2, 0) is 6.42 Å². The predicted molar refractivity (Wildman–Crippen MR) is 107 cm³/mol. The van der Waals surface area contributed by atoms with E-state index in [2.05, 4.69) is 50.2 Å². The second kappa shape index (κ2) is 8.70. The molecule has 1 aliphatic carbocycles. The van der Waals surface area contributed by atoms with Gasteiger partial charge in [-0.1, -0.05) is 82.3 Å². The molecule has 0 heteroatoms. The highest BCUT2D eigenvalue weighted by Gasteiger charge is 2.22. The Labute approximate surface area is 148 Å². The summed E-state index contributed by atoms with van der Waals surface area (Å²) in [7, 11) is 0. The summed E-state index contributed by atoms with van der Waals surface area (Å²) in [5, 5.41) is 2.83. The van der Waals surface area contributed by atoms with Crippen molar-refractivity contribution in [2.45, 2.75) is 84.0 Å². The van der Waals surface area contributed by atoms with Gasteiger partial charge < -0.3 is 0 Å². The van der Waals surface area contributed by atoms with Gasteiger partial charge >= 0.3 is 0 Å². The Morgan fingerprint density at radius 3 is 2.29 bits per heavy atom. The lowest BCUT2D eigenvalue weighted by atomic mass is 9.76. The van der Waals surface area contributed by atoms with Crippen LogP contribution in [0.4, 0.5) is 0 Å². The largest absolute Gasteiger partial charge is 0.0654 e. The Balaban J connectivity index is 1.57. The minimum atomic E-state index is 0.798. The third kappa shape index (κ3) is 4.41. The van der Waals surface area contributed by atoms with E-state index >= 15 is 0 Å². The van der Waals surface area contributed by atoms with Crippen LogP contribution >= 0.6 is 0 Å². The van der Waals surface area contributed by atoms with E-state index < -0.39 is 0 Å². The molecule has 130 valence electrons. The smallest absolute Gasteiger partial charge is 0.0162 e. The number of hydrogen-bond acceptors (Lipinski definition) is 0. The van der Waals surface area contributed by atoms with Crippen molar-refractivity contribution in [3.8, 4) is 0 Å². The minimum Gasteiger partial charge on any atom is -0.0654 e. The molecular formula is C24H34. The number of benzene rings is 2. The SMILES string of the molecule is CCCCCC[C@H]1CC[C@H](c2ccc3cc(CC)ccc3c2)CC1. The number of fused-ring (bicyclic) bond motifs is 1. The molecule has 0 bridgehead atoms. The summed E-state index contributed by atoms with van der Waals surface area (Å²) < 4.78 is 0. The number of unbranched alkanes of at least 4 members (excludes halogenated alkanes) is 3. The quantitative estimate of drug-likeness (QED) is 0.459. The van der Waals surface area contributed by atoms with Gasteiger partial charge in [-0.15, -0.1) is 0 Å². The van der Waals surface area contributed by atoms with Crippen molar-refractivity contribution < 1.29 is 0 Å². The number of aryl methyl sites for hydroxylation is 1. The van der Waals surface area contributed by atoms with E-state index in [1.165, 1.54) is 74.1 Å². The number of rotatable bonds is 7.